The van der Waals surface area contributed by atoms with Crippen molar-refractivity contribution in [3.05, 3.63) is 27.9 Å². The van der Waals surface area contributed by atoms with E-state index in [1.54, 1.807) is 19.2 Å². The molecule has 1 saturated carbocycles. The largest absolute Gasteiger partial charge is 0.364 e. The predicted octanol–water partition coefficient (Wildman–Crippen LogP) is 2.51. The summed E-state index contributed by atoms with van der Waals surface area (Å²) in [6.45, 7) is 2.49. The number of nitrogens with zero attached hydrogens (tertiary/aromatic N) is 2. The quantitative estimate of drug-likeness (QED) is 0.612. The molecule has 0 bridgehead atoms. The third kappa shape index (κ3) is 2.48. The number of hydrogen-bond donors (Lipinski definition) is 1. The molecule has 86 valence electrons. The first-order chi connectivity index (χ1) is 7.68. The van der Waals surface area contributed by atoms with E-state index >= 15 is 0 Å². The molecule has 0 spiro atoms. The Morgan fingerprint density at radius 1 is 1.62 bits per heavy atom. The van der Waals surface area contributed by atoms with Gasteiger partial charge in [0.1, 0.15) is 0 Å². The lowest BCUT2D eigenvalue weighted by Crippen LogP contribution is -2.07. The van der Waals surface area contributed by atoms with Crippen LogP contribution in [0.4, 0.5) is 11.5 Å². The van der Waals surface area contributed by atoms with E-state index in [9.17, 15) is 10.1 Å². The molecule has 1 N–H and O–H groups in total. The van der Waals surface area contributed by atoms with E-state index in [0.717, 1.165) is 18.9 Å². The topological polar surface area (TPSA) is 68.1 Å². The molecule has 0 atom stereocenters. The Labute approximate surface area is 94.0 Å². The van der Waals surface area contributed by atoms with Crippen molar-refractivity contribution in [2.45, 2.75) is 26.2 Å². The highest BCUT2D eigenvalue weighted by atomic mass is 16.6. The zero-order valence-electron chi connectivity index (χ0n) is 9.27. The van der Waals surface area contributed by atoms with Crippen LogP contribution in [0, 0.1) is 23.0 Å². The second-order valence-corrected chi connectivity index (χ2v) is 4.24. The predicted molar refractivity (Wildman–Crippen MR) is 61.5 cm³/mol. The molecule has 2 rings (SSSR count). The van der Waals surface area contributed by atoms with Gasteiger partial charge in [0, 0.05) is 18.3 Å². The molecule has 0 amide bonds. The second-order valence-electron chi connectivity index (χ2n) is 4.24. The van der Waals surface area contributed by atoms with Gasteiger partial charge in [-0.15, -0.1) is 0 Å². The highest BCUT2D eigenvalue weighted by molar-refractivity contribution is 5.59. The fraction of sp³-hybridized carbons (Fsp3) is 0.545. The first kappa shape index (κ1) is 10.9. The minimum Gasteiger partial charge on any atom is -0.364 e. The molecular weight excluding hydrogens is 206 g/mol. The van der Waals surface area contributed by atoms with Gasteiger partial charge in [0.2, 0.25) is 5.82 Å². The third-order valence-electron chi connectivity index (χ3n) is 2.85. The lowest BCUT2D eigenvalue weighted by Gasteiger charge is -2.06. The summed E-state index contributed by atoms with van der Waals surface area (Å²) in [5.41, 5.74) is 0.743. The molecule has 0 unspecified atom stereocenters. The smallest absolute Gasteiger partial charge is 0.314 e. The molecule has 1 heterocycles. The second kappa shape index (κ2) is 4.47. The van der Waals surface area contributed by atoms with Crippen LogP contribution in [0.25, 0.3) is 0 Å². The summed E-state index contributed by atoms with van der Waals surface area (Å²) in [4.78, 5) is 14.5. The van der Waals surface area contributed by atoms with Gasteiger partial charge in [-0.2, -0.15) is 0 Å². The lowest BCUT2D eigenvalue weighted by molar-refractivity contribution is -0.384. The number of nitrogens with one attached hydrogen (secondary N) is 1. The number of aromatic nitrogens is 1. The average molecular weight is 221 g/mol. The number of aryl methyl sites for hydroxylation is 1. The SMILES string of the molecule is Cc1ccnc(NCCC2CC2)c1[N+](=O)[O-]. The Bertz CT molecular complexity index is 402. The summed E-state index contributed by atoms with van der Waals surface area (Å²) in [6, 6.07) is 1.66. The van der Waals surface area contributed by atoms with Crippen LogP contribution in [0.15, 0.2) is 12.3 Å². The van der Waals surface area contributed by atoms with Crippen LogP contribution in [0.3, 0.4) is 0 Å². The number of rotatable bonds is 5. The van der Waals surface area contributed by atoms with E-state index in [1.165, 1.54) is 12.8 Å². The van der Waals surface area contributed by atoms with Crippen molar-refractivity contribution in [1.82, 2.24) is 4.98 Å². The fourth-order valence-electron chi connectivity index (χ4n) is 1.71. The summed E-state index contributed by atoms with van der Waals surface area (Å²) >= 11 is 0. The minimum atomic E-state index is -0.373. The van der Waals surface area contributed by atoms with Gasteiger partial charge < -0.3 is 5.32 Å². The van der Waals surface area contributed by atoms with E-state index in [4.69, 9.17) is 0 Å². The Morgan fingerprint density at radius 3 is 3.00 bits per heavy atom. The highest BCUT2D eigenvalue weighted by Crippen LogP contribution is 2.32. The van der Waals surface area contributed by atoms with E-state index in [1.807, 2.05) is 0 Å². The van der Waals surface area contributed by atoms with Gasteiger partial charge in [0.15, 0.2) is 0 Å². The molecule has 0 saturated heterocycles. The molecular formula is C11H15N3O2. The Morgan fingerprint density at radius 2 is 2.38 bits per heavy atom. The number of nitro groups is 1. The molecule has 16 heavy (non-hydrogen) atoms. The van der Waals surface area contributed by atoms with Crippen molar-refractivity contribution in [3.8, 4) is 0 Å². The first-order valence-corrected chi connectivity index (χ1v) is 5.52. The highest BCUT2D eigenvalue weighted by Gasteiger charge is 2.22. The van der Waals surface area contributed by atoms with Crippen LogP contribution in [0.2, 0.25) is 0 Å². The number of anilines is 1. The normalized spacial score (nSPS) is 14.8. The minimum absolute atomic E-state index is 0.0956. The standard InChI is InChI=1S/C11H15N3O2/c1-8-4-6-12-11(10(8)14(15)16)13-7-5-9-2-3-9/h4,6,9H,2-3,5,7H2,1H3,(H,12,13). The van der Waals surface area contributed by atoms with Gasteiger partial charge in [0.25, 0.3) is 0 Å². The molecule has 1 aliphatic carbocycles. The van der Waals surface area contributed by atoms with E-state index in [-0.39, 0.29) is 10.6 Å². The average Bonchev–Trinajstić information content (AvgIpc) is 3.01. The van der Waals surface area contributed by atoms with Crippen LogP contribution in [0.1, 0.15) is 24.8 Å². The van der Waals surface area contributed by atoms with Crippen LogP contribution >= 0.6 is 0 Å². The van der Waals surface area contributed by atoms with Crippen LogP contribution in [-0.2, 0) is 0 Å². The van der Waals surface area contributed by atoms with Gasteiger partial charge in [-0.1, -0.05) is 12.8 Å². The van der Waals surface area contributed by atoms with Crippen LogP contribution in [-0.4, -0.2) is 16.5 Å². The van der Waals surface area contributed by atoms with Crippen molar-refractivity contribution in [2.75, 3.05) is 11.9 Å². The maximum atomic E-state index is 10.9. The maximum Gasteiger partial charge on any atom is 0.314 e. The molecule has 1 fully saturated rings. The molecule has 1 aromatic rings. The molecule has 1 aromatic heterocycles. The summed E-state index contributed by atoms with van der Waals surface area (Å²) in [5.74, 6) is 1.21. The van der Waals surface area contributed by atoms with Crippen molar-refractivity contribution >= 4 is 11.5 Å². The Kier molecular flexibility index (Phi) is 3.03. The monoisotopic (exact) mass is 221 g/mol. The van der Waals surface area contributed by atoms with Crippen molar-refractivity contribution in [1.29, 1.82) is 0 Å². The Hall–Kier alpha value is -1.65. The molecule has 1 aliphatic rings. The summed E-state index contributed by atoms with van der Waals surface area (Å²) in [7, 11) is 0. The van der Waals surface area contributed by atoms with Gasteiger partial charge in [-0.3, -0.25) is 10.1 Å². The van der Waals surface area contributed by atoms with Crippen molar-refractivity contribution in [2.24, 2.45) is 5.92 Å². The number of pyridine rings is 1. The van der Waals surface area contributed by atoms with Gasteiger partial charge in [-0.25, -0.2) is 4.98 Å². The molecule has 5 nitrogen and oxygen atoms in total. The first-order valence-electron chi connectivity index (χ1n) is 5.52. The zero-order chi connectivity index (χ0) is 11.5. The van der Waals surface area contributed by atoms with Gasteiger partial charge >= 0.3 is 5.69 Å². The zero-order valence-corrected chi connectivity index (χ0v) is 9.27. The van der Waals surface area contributed by atoms with Crippen molar-refractivity contribution in [3.63, 3.8) is 0 Å². The van der Waals surface area contributed by atoms with Gasteiger partial charge in [-0.05, 0) is 25.3 Å². The molecule has 0 aliphatic heterocycles. The lowest BCUT2D eigenvalue weighted by atomic mass is 10.2. The van der Waals surface area contributed by atoms with Crippen LogP contribution in [0.5, 0.6) is 0 Å². The molecule has 5 heteroatoms. The maximum absolute atomic E-state index is 10.9. The molecule has 0 aromatic carbocycles. The van der Waals surface area contributed by atoms with Crippen molar-refractivity contribution < 1.29 is 4.92 Å². The number of hydrogen-bond acceptors (Lipinski definition) is 4. The summed E-state index contributed by atoms with van der Waals surface area (Å²) in [5, 5.41) is 13.9. The fourth-order valence-corrected chi connectivity index (χ4v) is 1.71. The summed E-state index contributed by atoms with van der Waals surface area (Å²) in [6.07, 6.45) is 5.27. The van der Waals surface area contributed by atoms with E-state index in [2.05, 4.69) is 10.3 Å². The van der Waals surface area contributed by atoms with Gasteiger partial charge in [0.05, 0.1) is 4.92 Å². The summed E-state index contributed by atoms with van der Waals surface area (Å²) < 4.78 is 0. The third-order valence-corrected chi connectivity index (χ3v) is 2.85. The Balaban J connectivity index is 2.05. The van der Waals surface area contributed by atoms with E-state index < -0.39 is 0 Å². The van der Waals surface area contributed by atoms with Crippen LogP contribution < -0.4 is 5.32 Å². The molecule has 0 radical (unpaired) electrons. The van der Waals surface area contributed by atoms with E-state index in [0.29, 0.717) is 11.4 Å².